The molecule has 174 valence electrons. The summed E-state index contributed by atoms with van der Waals surface area (Å²) in [5.41, 5.74) is 1.10. The summed E-state index contributed by atoms with van der Waals surface area (Å²) in [7, 11) is -3.18. The number of sulfone groups is 1. The van der Waals surface area contributed by atoms with Crippen molar-refractivity contribution in [3.63, 3.8) is 0 Å². The lowest BCUT2D eigenvalue weighted by Gasteiger charge is -2.35. The molecule has 0 aromatic heterocycles. The number of benzene rings is 1. The van der Waals surface area contributed by atoms with Gasteiger partial charge in [-0.1, -0.05) is 12.1 Å². The van der Waals surface area contributed by atoms with Crippen LogP contribution in [0, 0.1) is 5.82 Å². The van der Waals surface area contributed by atoms with Gasteiger partial charge in [0, 0.05) is 32.5 Å². The van der Waals surface area contributed by atoms with Gasteiger partial charge in [-0.05, 0) is 24.1 Å². The lowest BCUT2D eigenvalue weighted by molar-refractivity contribution is -0.133. The molecule has 0 saturated carbocycles. The molecule has 1 aromatic rings. The van der Waals surface area contributed by atoms with E-state index in [4.69, 9.17) is 4.74 Å². The molecule has 0 spiro atoms. The molecular weight excluding hydrogens is 439 g/mol. The van der Waals surface area contributed by atoms with Gasteiger partial charge in [0.05, 0.1) is 36.8 Å². The normalized spacial score (nSPS) is 24.8. The van der Waals surface area contributed by atoms with Gasteiger partial charge < -0.3 is 10.1 Å². The van der Waals surface area contributed by atoms with Crippen LogP contribution in [0.3, 0.4) is 0 Å². The van der Waals surface area contributed by atoms with Crippen molar-refractivity contribution >= 4 is 27.4 Å². The maximum absolute atomic E-state index is 13.4. The Kier molecular flexibility index (Phi) is 6.87. The summed E-state index contributed by atoms with van der Waals surface area (Å²) in [6.45, 7) is 2.84. The van der Waals surface area contributed by atoms with Crippen molar-refractivity contribution in [2.24, 2.45) is 5.10 Å². The first-order valence-electron chi connectivity index (χ1n) is 10.8. The number of carbonyl (C=O) groups excluding carboxylic acids is 2. The van der Waals surface area contributed by atoms with Crippen molar-refractivity contribution in [2.75, 3.05) is 44.4 Å². The third-order valence-electron chi connectivity index (χ3n) is 6.07. The minimum absolute atomic E-state index is 0.0252. The van der Waals surface area contributed by atoms with Gasteiger partial charge in [-0.25, -0.2) is 17.8 Å². The Morgan fingerprint density at radius 1 is 1.22 bits per heavy atom. The van der Waals surface area contributed by atoms with E-state index in [1.54, 1.807) is 12.1 Å². The van der Waals surface area contributed by atoms with E-state index in [1.165, 1.54) is 17.1 Å². The molecule has 1 N–H and O–H groups in total. The minimum Gasteiger partial charge on any atom is -0.379 e. The Bertz CT molecular complexity index is 992. The van der Waals surface area contributed by atoms with E-state index in [0.717, 1.165) is 5.56 Å². The Morgan fingerprint density at radius 3 is 2.59 bits per heavy atom. The van der Waals surface area contributed by atoms with Crippen LogP contribution in [0.5, 0.6) is 0 Å². The summed E-state index contributed by atoms with van der Waals surface area (Å²) in [6, 6.07) is 5.53. The van der Waals surface area contributed by atoms with E-state index in [9.17, 15) is 22.4 Å². The van der Waals surface area contributed by atoms with Crippen LogP contribution in [0.1, 0.15) is 30.9 Å². The fraction of sp³-hybridized carbons (Fsp3) is 0.571. The van der Waals surface area contributed by atoms with Gasteiger partial charge in [0.2, 0.25) is 5.91 Å². The zero-order valence-corrected chi connectivity index (χ0v) is 18.5. The van der Waals surface area contributed by atoms with Gasteiger partial charge in [0.15, 0.2) is 9.84 Å². The number of morpholine rings is 1. The van der Waals surface area contributed by atoms with E-state index in [2.05, 4.69) is 15.3 Å². The topological polar surface area (TPSA) is 108 Å². The van der Waals surface area contributed by atoms with E-state index >= 15 is 0 Å². The van der Waals surface area contributed by atoms with Gasteiger partial charge >= 0.3 is 0 Å². The van der Waals surface area contributed by atoms with Crippen LogP contribution in [-0.4, -0.2) is 86.2 Å². The lowest BCUT2D eigenvalue weighted by Crippen LogP contribution is -2.47. The average molecular weight is 467 g/mol. The molecule has 3 aliphatic heterocycles. The Balaban J connectivity index is 1.45. The third-order valence-corrected chi connectivity index (χ3v) is 7.82. The summed E-state index contributed by atoms with van der Waals surface area (Å²) < 4.78 is 42.4. The quantitative estimate of drug-likeness (QED) is 0.653. The molecule has 2 atom stereocenters. The molecule has 32 heavy (non-hydrogen) atoms. The van der Waals surface area contributed by atoms with Crippen molar-refractivity contribution in [3.8, 4) is 0 Å². The predicted molar refractivity (Wildman–Crippen MR) is 115 cm³/mol. The number of nitrogens with zero attached hydrogens (tertiary/aromatic N) is 3. The monoisotopic (exact) mass is 466 g/mol. The first kappa shape index (κ1) is 22.8. The molecule has 1 aromatic carbocycles. The van der Waals surface area contributed by atoms with Crippen LogP contribution in [-0.2, 0) is 24.2 Å². The second kappa shape index (κ2) is 9.63. The summed E-state index contributed by atoms with van der Waals surface area (Å²) in [4.78, 5) is 27.3. The summed E-state index contributed by atoms with van der Waals surface area (Å²) in [6.07, 6.45) is 0.656. The molecule has 3 heterocycles. The molecule has 9 nitrogen and oxygen atoms in total. The van der Waals surface area contributed by atoms with Gasteiger partial charge in [-0.2, -0.15) is 5.10 Å². The number of ether oxygens (including phenoxy) is 1. The summed E-state index contributed by atoms with van der Waals surface area (Å²) in [5.74, 6) is -1.07. The van der Waals surface area contributed by atoms with Crippen LogP contribution in [0.2, 0.25) is 0 Å². The highest BCUT2D eigenvalue weighted by atomic mass is 32.2. The van der Waals surface area contributed by atoms with E-state index in [0.29, 0.717) is 32.7 Å². The Hall–Kier alpha value is -2.37. The number of nitrogens with one attached hydrogen (secondary N) is 1. The number of amides is 2. The van der Waals surface area contributed by atoms with Gasteiger partial charge in [0.1, 0.15) is 11.5 Å². The number of carbonyl (C=O) groups is 2. The largest absolute Gasteiger partial charge is 0.379 e. The highest BCUT2D eigenvalue weighted by Crippen LogP contribution is 2.24. The number of rotatable bonds is 6. The second-order valence-corrected chi connectivity index (χ2v) is 10.5. The highest BCUT2D eigenvalue weighted by molar-refractivity contribution is 7.91. The fourth-order valence-electron chi connectivity index (χ4n) is 4.31. The standard InChI is InChI=1S/C21H27FN4O5S/c22-16-3-1-15(2-4-16)19(25-8-10-31-11-9-25)13-23-21(28)18-5-6-20(27)26(24-18)17-7-12-32(29,30)14-17/h1-4,17,19H,5-14H2,(H,23,28). The molecule has 2 unspecified atom stereocenters. The van der Waals surface area contributed by atoms with Crippen LogP contribution in [0.4, 0.5) is 4.39 Å². The van der Waals surface area contributed by atoms with Crippen molar-refractivity contribution in [3.05, 3.63) is 35.6 Å². The maximum Gasteiger partial charge on any atom is 0.267 e. The van der Waals surface area contributed by atoms with Crippen LogP contribution in [0.15, 0.2) is 29.4 Å². The zero-order valence-electron chi connectivity index (χ0n) is 17.7. The average Bonchev–Trinajstić information content (AvgIpc) is 3.15. The summed E-state index contributed by atoms with van der Waals surface area (Å²) >= 11 is 0. The minimum atomic E-state index is -3.18. The molecular formula is C21H27FN4O5S. The predicted octanol–water partition coefficient (Wildman–Crippen LogP) is 0.481. The molecule has 2 fully saturated rings. The zero-order chi connectivity index (χ0) is 22.7. The van der Waals surface area contributed by atoms with Crippen molar-refractivity contribution in [1.82, 2.24) is 15.2 Å². The molecule has 2 saturated heterocycles. The molecule has 0 aliphatic carbocycles. The number of hydrogen-bond acceptors (Lipinski definition) is 7. The van der Waals surface area contributed by atoms with Gasteiger partial charge in [-0.3, -0.25) is 14.5 Å². The van der Waals surface area contributed by atoms with Crippen molar-refractivity contribution in [2.45, 2.75) is 31.3 Å². The van der Waals surface area contributed by atoms with Crippen molar-refractivity contribution in [1.29, 1.82) is 0 Å². The van der Waals surface area contributed by atoms with Crippen LogP contribution >= 0.6 is 0 Å². The third kappa shape index (κ3) is 5.33. The van der Waals surface area contributed by atoms with Crippen molar-refractivity contribution < 1.29 is 27.1 Å². The second-order valence-electron chi connectivity index (χ2n) is 8.27. The van der Waals surface area contributed by atoms with Gasteiger partial charge in [-0.15, -0.1) is 0 Å². The Labute approximate surface area is 186 Å². The molecule has 0 bridgehead atoms. The first-order chi connectivity index (χ1) is 15.3. The van der Waals surface area contributed by atoms with E-state index in [-0.39, 0.29) is 60.3 Å². The highest BCUT2D eigenvalue weighted by Gasteiger charge is 2.37. The van der Waals surface area contributed by atoms with Crippen LogP contribution in [0.25, 0.3) is 0 Å². The number of hydrazone groups is 1. The Morgan fingerprint density at radius 2 is 1.94 bits per heavy atom. The van der Waals surface area contributed by atoms with Crippen LogP contribution < -0.4 is 5.32 Å². The number of hydrogen-bond donors (Lipinski definition) is 1. The number of halogens is 1. The smallest absolute Gasteiger partial charge is 0.267 e. The maximum atomic E-state index is 13.4. The van der Waals surface area contributed by atoms with E-state index < -0.39 is 15.9 Å². The summed E-state index contributed by atoms with van der Waals surface area (Å²) in [5, 5.41) is 8.31. The first-order valence-corrected chi connectivity index (χ1v) is 12.6. The molecule has 4 rings (SSSR count). The fourth-order valence-corrected chi connectivity index (χ4v) is 6.00. The molecule has 3 aliphatic rings. The SMILES string of the molecule is O=C(NCC(c1ccc(F)cc1)N1CCOCC1)C1=NN(C2CCS(=O)(=O)C2)C(=O)CC1. The lowest BCUT2D eigenvalue weighted by atomic mass is 10.0. The molecule has 0 radical (unpaired) electrons. The molecule has 2 amide bonds. The molecule has 11 heteroatoms. The van der Waals surface area contributed by atoms with Gasteiger partial charge in [0.25, 0.3) is 5.91 Å². The van der Waals surface area contributed by atoms with E-state index in [1.807, 2.05) is 0 Å².